The molecular formula is C16H24N4. The van der Waals surface area contributed by atoms with Crippen molar-refractivity contribution >= 4 is 0 Å². The molecule has 108 valence electrons. The number of aryl methyl sites for hydroxylation is 1. The smallest absolute Gasteiger partial charge is 0.0888 e. The molecule has 0 aliphatic rings. The zero-order valence-electron chi connectivity index (χ0n) is 12.6. The van der Waals surface area contributed by atoms with Gasteiger partial charge in [-0.15, -0.1) is 5.10 Å². The second-order valence-electron chi connectivity index (χ2n) is 5.11. The zero-order valence-corrected chi connectivity index (χ0v) is 12.6. The van der Waals surface area contributed by atoms with Crippen LogP contribution in [0.25, 0.3) is 11.3 Å². The highest BCUT2D eigenvalue weighted by Crippen LogP contribution is 2.27. The van der Waals surface area contributed by atoms with Gasteiger partial charge < -0.3 is 5.32 Å². The average molecular weight is 272 g/mol. The molecular weight excluding hydrogens is 248 g/mol. The number of aromatic nitrogens is 3. The van der Waals surface area contributed by atoms with Gasteiger partial charge in [0, 0.05) is 18.2 Å². The minimum atomic E-state index is 0.330. The van der Waals surface area contributed by atoms with Crippen LogP contribution in [-0.2, 0) is 6.54 Å². The van der Waals surface area contributed by atoms with Crippen LogP contribution in [-0.4, -0.2) is 21.5 Å². The first-order valence-electron chi connectivity index (χ1n) is 7.49. The number of hydrogen-bond donors (Lipinski definition) is 1. The topological polar surface area (TPSA) is 42.7 Å². The minimum Gasteiger partial charge on any atom is -0.310 e. The van der Waals surface area contributed by atoms with E-state index >= 15 is 0 Å². The fourth-order valence-electron chi connectivity index (χ4n) is 2.42. The molecule has 0 saturated heterocycles. The van der Waals surface area contributed by atoms with Crippen molar-refractivity contribution in [1.29, 1.82) is 0 Å². The average Bonchev–Trinajstić information content (AvgIpc) is 2.93. The van der Waals surface area contributed by atoms with E-state index in [-0.39, 0.29) is 0 Å². The quantitative estimate of drug-likeness (QED) is 0.840. The van der Waals surface area contributed by atoms with Crippen LogP contribution < -0.4 is 5.32 Å². The molecule has 1 aromatic carbocycles. The van der Waals surface area contributed by atoms with Crippen molar-refractivity contribution < 1.29 is 0 Å². The predicted molar refractivity (Wildman–Crippen MR) is 82.5 cm³/mol. The number of hydrogen-bond acceptors (Lipinski definition) is 3. The van der Waals surface area contributed by atoms with E-state index in [0.29, 0.717) is 6.04 Å². The van der Waals surface area contributed by atoms with E-state index in [9.17, 15) is 0 Å². The molecule has 1 N–H and O–H groups in total. The van der Waals surface area contributed by atoms with Gasteiger partial charge in [0.15, 0.2) is 0 Å². The molecule has 0 fully saturated rings. The lowest BCUT2D eigenvalue weighted by Gasteiger charge is -2.18. The molecule has 0 bridgehead atoms. The maximum atomic E-state index is 4.19. The molecule has 0 aliphatic heterocycles. The summed E-state index contributed by atoms with van der Waals surface area (Å²) < 4.78 is 1.99. The lowest BCUT2D eigenvalue weighted by Crippen LogP contribution is -2.20. The molecule has 1 aromatic heterocycles. The normalized spacial score (nSPS) is 12.6. The first kappa shape index (κ1) is 14.7. The Bertz CT molecular complexity index is 533. The van der Waals surface area contributed by atoms with Gasteiger partial charge in [0.2, 0.25) is 0 Å². The highest BCUT2D eigenvalue weighted by atomic mass is 15.4. The third kappa shape index (κ3) is 3.25. The van der Waals surface area contributed by atoms with Crippen LogP contribution in [0.4, 0.5) is 0 Å². The van der Waals surface area contributed by atoms with Gasteiger partial charge >= 0.3 is 0 Å². The molecule has 0 amide bonds. The maximum Gasteiger partial charge on any atom is 0.0888 e. The fourth-order valence-corrected chi connectivity index (χ4v) is 2.42. The second kappa shape index (κ2) is 7.20. The number of rotatable bonds is 7. The van der Waals surface area contributed by atoms with Gasteiger partial charge in [-0.3, -0.25) is 0 Å². The van der Waals surface area contributed by atoms with Crippen LogP contribution in [0.1, 0.15) is 45.2 Å². The SMILES string of the molecule is CCCNC(C)c1ccccc1-c1cnnn1CCC. The van der Waals surface area contributed by atoms with Gasteiger partial charge in [0.05, 0.1) is 11.9 Å². The van der Waals surface area contributed by atoms with Crippen LogP contribution in [0, 0.1) is 0 Å². The molecule has 2 aromatic rings. The fraction of sp³-hybridized carbons (Fsp3) is 0.500. The Morgan fingerprint density at radius 1 is 1.20 bits per heavy atom. The Kier molecular flexibility index (Phi) is 5.30. The summed E-state index contributed by atoms with van der Waals surface area (Å²) in [5.41, 5.74) is 3.63. The summed E-state index contributed by atoms with van der Waals surface area (Å²) in [5.74, 6) is 0. The van der Waals surface area contributed by atoms with Crippen molar-refractivity contribution in [2.24, 2.45) is 0 Å². The standard InChI is InChI=1S/C16H24N4/c1-4-10-17-13(3)14-8-6-7-9-15(14)16-12-18-19-20(16)11-5-2/h6-9,12-13,17H,4-5,10-11H2,1-3H3. The van der Waals surface area contributed by atoms with Crippen molar-refractivity contribution in [3.05, 3.63) is 36.0 Å². The van der Waals surface area contributed by atoms with Crippen molar-refractivity contribution in [2.75, 3.05) is 6.54 Å². The summed E-state index contributed by atoms with van der Waals surface area (Å²) in [6.45, 7) is 8.49. The molecule has 0 aliphatic carbocycles. The molecule has 1 heterocycles. The van der Waals surface area contributed by atoms with Gasteiger partial charge in [-0.1, -0.05) is 43.3 Å². The Hall–Kier alpha value is -1.68. The van der Waals surface area contributed by atoms with Crippen LogP contribution in [0.2, 0.25) is 0 Å². The van der Waals surface area contributed by atoms with E-state index in [0.717, 1.165) is 31.6 Å². The van der Waals surface area contributed by atoms with E-state index in [1.165, 1.54) is 11.1 Å². The summed E-state index contributed by atoms with van der Waals surface area (Å²) in [4.78, 5) is 0. The lowest BCUT2D eigenvalue weighted by atomic mass is 9.99. The van der Waals surface area contributed by atoms with E-state index in [2.05, 4.69) is 60.7 Å². The molecule has 2 rings (SSSR count). The van der Waals surface area contributed by atoms with Gasteiger partial charge in [-0.05, 0) is 31.9 Å². The Labute approximate surface area is 121 Å². The predicted octanol–water partition coefficient (Wildman–Crippen LogP) is 3.42. The summed E-state index contributed by atoms with van der Waals surface area (Å²) in [5, 5.41) is 11.8. The molecule has 4 heteroatoms. The lowest BCUT2D eigenvalue weighted by molar-refractivity contribution is 0.567. The molecule has 0 radical (unpaired) electrons. The molecule has 0 saturated carbocycles. The van der Waals surface area contributed by atoms with Gasteiger partial charge in [-0.2, -0.15) is 0 Å². The molecule has 20 heavy (non-hydrogen) atoms. The van der Waals surface area contributed by atoms with Gasteiger partial charge in [-0.25, -0.2) is 4.68 Å². The highest BCUT2D eigenvalue weighted by Gasteiger charge is 2.14. The van der Waals surface area contributed by atoms with Crippen molar-refractivity contribution in [2.45, 2.75) is 46.2 Å². The monoisotopic (exact) mass is 272 g/mol. The maximum absolute atomic E-state index is 4.19. The summed E-state index contributed by atoms with van der Waals surface area (Å²) in [7, 11) is 0. The summed E-state index contributed by atoms with van der Waals surface area (Å²) in [6, 6.07) is 8.85. The summed E-state index contributed by atoms with van der Waals surface area (Å²) >= 11 is 0. The van der Waals surface area contributed by atoms with Crippen molar-refractivity contribution in [3.63, 3.8) is 0 Å². The van der Waals surface area contributed by atoms with E-state index in [4.69, 9.17) is 0 Å². The Balaban J connectivity index is 2.34. The summed E-state index contributed by atoms with van der Waals surface area (Å²) in [6.07, 6.45) is 4.06. The first-order valence-corrected chi connectivity index (χ1v) is 7.49. The molecule has 1 unspecified atom stereocenters. The number of nitrogens with zero attached hydrogens (tertiary/aromatic N) is 3. The first-order chi connectivity index (χ1) is 9.77. The van der Waals surface area contributed by atoms with Crippen LogP contribution in [0.15, 0.2) is 30.5 Å². The van der Waals surface area contributed by atoms with E-state index in [1.807, 2.05) is 10.9 Å². The number of nitrogens with one attached hydrogen (secondary N) is 1. The largest absolute Gasteiger partial charge is 0.310 e. The number of benzene rings is 1. The zero-order chi connectivity index (χ0) is 14.4. The molecule has 0 spiro atoms. The van der Waals surface area contributed by atoms with Crippen molar-refractivity contribution in [1.82, 2.24) is 20.3 Å². The third-order valence-corrected chi connectivity index (χ3v) is 3.46. The van der Waals surface area contributed by atoms with Crippen LogP contribution >= 0.6 is 0 Å². The van der Waals surface area contributed by atoms with E-state index in [1.54, 1.807) is 0 Å². The van der Waals surface area contributed by atoms with Gasteiger partial charge in [0.1, 0.15) is 0 Å². The van der Waals surface area contributed by atoms with Gasteiger partial charge in [0.25, 0.3) is 0 Å². The Morgan fingerprint density at radius 2 is 2.00 bits per heavy atom. The van der Waals surface area contributed by atoms with Crippen molar-refractivity contribution in [3.8, 4) is 11.3 Å². The third-order valence-electron chi connectivity index (χ3n) is 3.46. The van der Waals surface area contributed by atoms with Crippen LogP contribution in [0.5, 0.6) is 0 Å². The molecule has 4 nitrogen and oxygen atoms in total. The van der Waals surface area contributed by atoms with E-state index < -0.39 is 0 Å². The Morgan fingerprint density at radius 3 is 2.75 bits per heavy atom. The molecule has 1 atom stereocenters. The van der Waals surface area contributed by atoms with Crippen LogP contribution in [0.3, 0.4) is 0 Å². The second-order valence-corrected chi connectivity index (χ2v) is 5.11. The minimum absolute atomic E-state index is 0.330. The highest BCUT2D eigenvalue weighted by molar-refractivity contribution is 5.63.